The first kappa shape index (κ1) is 23.0. The van der Waals surface area contributed by atoms with E-state index in [-0.39, 0.29) is 0 Å². The molecule has 0 unspecified atom stereocenters. The molecule has 32 heavy (non-hydrogen) atoms. The molecule has 0 amide bonds. The largest absolute Gasteiger partial charge is 0.495 e. The highest BCUT2D eigenvalue weighted by Gasteiger charge is 2.13. The number of esters is 1. The van der Waals surface area contributed by atoms with E-state index in [4.69, 9.17) is 9.47 Å². The molecule has 0 radical (unpaired) electrons. The minimum Gasteiger partial charge on any atom is -0.495 e. The summed E-state index contributed by atoms with van der Waals surface area (Å²) in [4.78, 5) is 23.4. The number of hydrogen-bond donors (Lipinski definition) is 2. The van der Waals surface area contributed by atoms with Gasteiger partial charge in [0.15, 0.2) is 0 Å². The van der Waals surface area contributed by atoms with E-state index in [9.17, 15) is 4.79 Å². The molecule has 0 aliphatic carbocycles. The number of rotatable bonds is 10. The molecule has 0 aliphatic heterocycles. The standard InChI is InChI=1S/C24H29N5O3/c1-29(2)14-8-13-25-24-27-19(17-9-6-5-7-10-17)16-22(28-24)26-20-15-18(23(30)32-4)11-12-21(20)31-3/h5-7,9-12,15-16H,8,13-14H2,1-4H3,(H2,25,26,27,28). The van der Waals surface area contributed by atoms with E-state index in [1.54, 1.807) is 25.3 Å². The van der Waals surface area contributed by atoms with Gasteiger partial charge < -0.3 is 25.0 Å². The number of hydrogen-bond acceptors (Lipinski definition) is 8. The second-order valence-electron chi connectivity index (χ2n) is 7.44. The molecule has 168 valence electrons. The van der Waals surface area contributed by atoms with E-state index in [0.29, 0.717) is 28.8 Å². The van der Waals surface area contributed by atoms with Crippen molar-refractivity contribution in [1.29, 1.82) is 0 Å². The maximum Gasteiger partial charge on any atom is 0.337 e. The second kappa shape index (κ2) is 11.1. The summed E-state index contributed by atoms with van der Waals surface area (Å²) in [6.07, 6.45) is 0.962. The highest BCUT2D eigenvalue weighted by Crippen LogP contribution is 2.30. The highest BCUT2D eigenvalue weighted by atomic mass is 16.5. The van der Waals surface area contributed by atoms with Crippen LogP contribution in [0.4, 0.5) is 17.5 Å². The normalized spacial score (nSPS) is 10.7. The lowest BCUT2D eigenvalue weighted by atomic mass is 10.1. The minimum atomic E-state index is -0.424. The number of carbonyl (C=O) groups excluding carboxylic acids is 1. The van der Waals surface area contributed by atoms with Crippen molar-refractivity contribution in [3.63, 3.8) is 0 Å². The smallest absolute Gasteiger partial charge is 0.337 e. The number of anilines is 3. The number of carbonyl (C=O) groups is 1. The van der Waals surface area contributed by atoms with Crippen LogP contribution < -0.4 is 15.4 Å². The molecule has 0 saturated carbocycles. The summed E-state index contributed by atoms with van der Waals surface area (Å²) in [5.41, 5.74) is 2.77. The molecular formula is C24H29N5O3. The number of ether oxygens (including phenoxy) is 2. The first-order valence-corrected chi connectivity index (χ1v) is 10.4. The Morgan fingerprint density at radius 2 is 1.81 bits per heavy atom. The lowest BCUT2D eigenvalue weighted by Crippen LogP contribution is -2.17. The van der Waals surface area contributed by atoms with Crippen molar-refractivity contribution >= 4 is 23.4 Å². The SMILES string of the molecule is COC(=O)c1ccc(OC)c(Nc2cc(-c3ccccc3)nc(NCCCN(C)C)n2)c1. The van der Waals surface area contributed by atoms with Crippen LogP contribution in [0.3, 0.4) is 0 Å². The van der Waals surface area contributed by atoms with E-state index in [0.717, 1.165) is 30.8 Å². The van der Waals surface area contributed by atoms with E-state index < -0.39 is 5.97 Å². The van der Waals surface area contributed by atoms with Crippen molar-refractivity contribution in [3.8, 4) is 17.0 Å². The molecule has 3 rings (SSSR count). The number of benzene rings is 2. The van der Waals surface area contributed by atoms with Gasteiger partial charge in [0.25, 0.3) is 0 Å². The van der Waals surface area contributed by atoms with Crippen molar-refractivity contribution in [2.45, 2.75) is 6.42 Å². The fourth-order valence-corrected chi connectivity index (χ4v) is 3.13. The van der Waals surface area contributed by atoms with Crippen molar-refractivity contribution in [3.05, 3.63) is 60.2 Å². The van der Waals surface area contributed by atoms with Gasteiger partial charge in [-0.25, -0.2) is 9.78 Å². The molecular weight excluding hydrogens is 406 g/mol. The van der Waals surface area contributed by atoms with Gasteiger partial charge in [0.05, 0.1) is 31.2 Å². The van der Waals surface area contributed by atoms with Gasteiger partial charge in [-0.15, -0.1) is 0 Å². The zero-order valence-electron chi connectivity index (χ0n) is 18.9. The number of aromatic nitrogens is 2. The van der Waals surface area contributed by atoms with Crippen LogP contribution >= 0.6 is 0 Å². The van der Waals surface area contributed by atoms with E-state index in [2.05, 4.69) is 25.5 Å². The molecule has 8 nitrogen and oxygen atoms in total. The Morgan fingerprint density at radius 1 is 1.03 bits per heavy atom. The van der Waals surface area contributed by atoms with E-state index in [1.165, 1.54) is 7.11 Å². The summed E-state index contributed by atoms with van der Waals surface area (Å²) >= 11 is 0. The average molecular weight is 436 g/mol. The van der Waals surface area contributed by atoms with Gasteiger partial charge in [-0.1, -0.05) is 30.3 Å². The van der Waals surface area contributed by atoms with Crippen LogP contribution in [0.5, 0.6) is 5.75 Å². The van der Waals surface area contributed by atoms with Crippen LogP contribution in [0.1, 0.15) is 16.8 Å². The van der Waals surface area contributed by atoms with Gasteiger partial charge in [0.2, 0.25) is 5.95 Å². The zero-order chi connectivity index (χ0) is 22.9. The predicted octanol–water partition coefficient (Wildman–Crippen LogP) is 4.05. The lowest BCUT2D eigenvalue weighted by molar-refractivity contribution is 0.0600. The molecule has 2 aromatic carbocycles. The van der Waals surface area contributed by atoms with Crippen molar-refractivity contribution < 1.29 is 14.3 Å². The monoisotopic (exact) mass is 435 g/mol. The maximum atomic E-state index is 12.0. The molecule has 0 atom stereocenters. The van der Waals surface area contributed by atoms with Crippen LogP contribution in [0.2, 0.25) is 0 Å². The summed E-state index contributed by atoms with van der Waals surface area (Å²) in [7, 11) is 7.02. The Balaban J connectivity index is 1.92. The highest BCUT2D eigenvalue weighted by molar-refractivity contribution is 5.91. The maximum absolute atomic E-state index is 12.0. The van der Waals surface area contributed by atoms with E-state index in [1.807, 2.05) is 50.5 Å². The third-order valence-electron chi connectivity index (χ3n) is 4.74. The predicted molar refractivity (Wildman–Crippen MR) is 127 cm³/mol. The Hall–Kier alpha value is -3.65. The molecule has 0 aliphatic rings. The van der Waals surface area contributed by atoms with Crippen molar-refractivity contribution in [1.82, 2.24) is 14.9 Å². The molecule has 1 aromatic heterocycles. The molecule has 2 N–H and O–H groups in total. The number of methoxy groups -OCH3 is 2. The Morgan fingerprint density at radius 3 is 2.50 bits per heavy atom. The topological polar surface area (TPSA) is 88.6 Å². The van der Waals surface area contributed by atoms with Gasteiger partial charge in [-0.05, 0) is 45.3 Å². The van der Waals surface area contributed by atoms with Crippen LogP contribution in [0, 0.1) is 0 Å². The van der Waals surface area contributed by atoms with Crippen LogP contribution in [-0.4, -0.2) is 62.2 Å². The average Bonchev–Trinajstić information content (AvgIpc) is 2.81. The van der Waals surface area contributed by atoms with Gasteiger partial charge in [0.1, 0.15) is 11.6 Å². The molecule has 0 fully saturated rings. The van der Waals surface area contributed by atoms with Gasteiger partial charge in [0, 0.05) is 18.2 Å². The summed E-state index contributed by atoms with van der Waals surface area (Å²) in [6.45, 7) is 1.71. The lowest BCUT2D eigenvalue weighted by Gasteiger charge is -2.15. The van der Waals surface area contributed by atoms with E-state index >= 15 is 0 Å². The summed E-state index contributed by atoms with van der Waals surface area (Å²) < 4.78 is 10.3. The molecule has 0 bridgehead atoms. The Kier molecular flexibility index (Phi) is 7.99. The molecule has 1 heterocycles. The molecule has 0 saturated heterocycles. The fourth-order valence-electron chi connectivity index (χ4n) is 3.13. The van der Waals surface area contributed by atoms with Gasteiger partial charge >= 0.3 is 5.97 Å². The zero-order valence-corrected chi connectivity index (χ0v) is 18.9. The van der Waals surface area contributed by atoms with Crippen LogP contribution in [-0.2, 0) is 4.74 Å². The fraction of sp³-hybridized carbons (Fsp3) is 0.292. The third kappa shape index (κ3) is 6.18. The van der Waals surface area contributed by atoms with Crippen molar-refractivity contribution in [2.24, 2.45) is 0 Å². The summed E-state index contributed by atoms with van der Waals surface area (Å²) in [5, 5.41) is 6.58. The third-order valence-corrected chi connectivity index (χ3v) is 4.74. The minimum absolute atomic E-state index is 0.412. The molecule has 0 spiro atoms. The summed E-state index contributed by atoms with van der Waals surface area (Å²) in [6, 6.07) is 16.8. The van der Waals surface area contributed by atoms with Crippen LogP contribution in [0.25, 0.3) is 11.3 Å². The second-order valence-corrected chi connectivity index (χ2v) is 7.44. The molecule has 8 heteroatoms. The number of nitrogens with zero attached hydrogens (tertiary/aromatic N) is 3. The summed E-state index contributed by atoms with van der Waals surface area (Å²) in [5.74, 6) is 1.26. The first-order chi connectivity index (χ1) is 15.5. The Labute approximate surface area is 188 Å². The number of nitrogens with one attached hydrogen (secondary N) is 2. The van der Waals surface area contributed by atoms with Crippen molar-refractivity contribution in [2.75, 3.05) is 52.0 Å². The quantitative estimate of drug-likeness (QED) is 0.364. The van der Waals surface area contributed by atoms with Gasteiger partial charge in [-0.3, -0.25) is 0 Å². The van der Waals surface area contributed by atoms with Crippen LogP contribution in [0.15, 0.2) is 54.6 Å². The first-order valence-electron chi connectivity index (χ1n) is 10.4. The molecule has 3 aromatic rings. The van der Waals surface area contributed by atoms with Gasteiger partial charge in [-0.2, -0.15) is 4.98 Å². The Bertz CT molecular complexity index is 1040.